The zero-order chi connectivity index (χ0) is 14.0. The summed E-state index contributed by atoms with van der Waals surface area (Å²) in [5.41, 5.74) is 7.20. The summed E-state index contributed by atoms with van der Waals surface area (Å²) in [6.07, 6.45) is 0. The van der Waals surface area contributed by atoms with E-state index in [0.29, 0.717) is 12.2 Å². The first kappa shape index (κ1) is 13.1. The maximum Gasteiger partial charge on any atom is 0.334 e. The minimum Gasteiger partial charge on any atom is -0.378 e. The zero-order valence-corrected chi connectivity index (χ0v) is 10.9. The molecule has 0 atom stereocenters. The Bertz CT molecular complexity index is 590. The molecule has 19 heavy (non-hydrogen) atoms. The summed E-state index contributed by atoms with van der Waals surface area (Å²) in [5.74, 6) is 0.0669. The van der Waals surface area contributed by atoms with Crippen molar-refractivity contribution in [3.8, 4) is 0 Å². The monoisotopic (exact) mass is 260 g/mol. The topological polar surface area (TPSA) is 87.0 Å². The van der Waals surface area contributed by atoms with Gasteiger partial charge in [-0.05, 0) is 5.56 Å². The van der Waals surface area contributed by atoms with Crippen molar-refractivity contribution in [1.82, 2.24) is 9.78 Å². The highest BCUT2D eigenvalue weighted by molar-refractivity contribution is 5.57. The van der Waals surface area contributed by atoms with Crippen LogP contribution in [0.3, 0.4) is 0 Å². The summed E-state index contributed by atoms with van der Waals surface area (Å²) >= 11 is 0. The van der Waals surface area contributed by atoms with Crippen LogP contribution in [0.25, 0.3) is 0 Å². The van der Waals surface area contributed by atoms with Crippen molar-refractivity contribution in [2.45, 2.75) is 26.3 Å². The average molecular weight is 260 g/mol. The van der Waals surface area contributed by atoms with Crippen molar-refractivity contribution in [2.75, 3.05) is 5.73 Å². The molecule has 1 aromatic carbocycles. The van der Waals surface area contributed by atoms with E-state index in [-0.39, 0.29) is 17.4 Å². The number of aromatic nitrogens is 2. The van der Waals surface area contributed by atoms with Crippen LogP contribution >= 0.6 is 0 Å². The molecule has 100 valence electrons. The van der Waals surface area contributed by atoms with Crippen LogP contribution in [-0.4, -0.2) is 14.7 Å². The molecular formula is C13H16N4O2. The second-order valence-corrected chi connectivity index (χ2v) is 4.67. The summed E-state index contributed by atoms with van der Waals surface area (Å²) in [4.78, 5) is 10.6. The SMILES string of the molecule is CC(C)c1nn(Cc2ccccc2)c(N)c1[N+](=O)[O-]. The molecule has 2 aromatic rings. The number of rotatable bonds is 4. The van der Waals surface area contributed by atoms with Gasteiger partial charge in [-0.2, -0.15) is 5.10 Å². The summed E-state index contributed by atoms with van der Waals surface area (Å²) in [6, 6.07) is 9.60. The van der Waals surface area contributed by atoms with Crippen LogP contribution in [0.4, 0.5) is 11.5 Å². The second-order valence-electron chi connectivity index (χ2n) is 4.67. The Labute approximate surface area is 111 Å². The number of nitrogen functional groups attached to an aromatic ring is 1. The summed E-state index contributed by atoms with van der Waals surface area (Å²) < 4.78 is 1.49. The first-order valence-corrected chi connectivity index (χ1v) is 6.05. The zero-order valence-electron chi connectivity index (χ0n) is 10.9. The Balaban J connectivity index is 2.42. The van der Waals surface area contributed by atoms with E-state index in [1.807, 2.05) is 44.2 Å². The lowest BCUT2D eigenvalue weighted by Crippen LogP contribution is -2.06. The molecule has 0 amide bonds. The number of nitrogens with two attached hydrogens (primary N) is 1. The number of hydrogen-bond donors (Lipinski definition) is 1. The summed E-state index contributed by atoms with van der Waals surface area (Å²) in [7, 11) is 0. The van der Waals surface area contributed by atoms with Gasteiger partial charge in [0.15, 0.2) is 0 Å². The molecule has 2 rings (SSSR count). The van der Waals surface area contributed by atoms with Gasteiger partial charge in [0.1, 0.15) is 5.69 Å². The van der Waals surface area contributed by atoms with E-state index in [1.54, 1.807) is 0 Å². The maximum absolute atomic E-state index is 11.1. The minimum absolute atomic E-state index is 0.0419. The Kier molecular flexibility index (Phi) is 3.50. The van der Waals surface area contributed by atoms with Gasteiger partial charge in [0.05, 0.1) is 11.5 Å². The van der Waals surface area contributed by atoms with Crippen molar-refractivity contribution < 1.29 is 4.92 Å². The van der Waals surface area contributed by atoms with Gasteiger partial charge >= 0.3 is 5.69 Å². The van der Waals surface area contributed by atoms with Gasteiger partial charge in [0.2, 0.25) is 5.82 Å². The normalized spacial score (nSPS) is 10.9. The Hall–Kier alpha value is -2.37. The molecule has 1 heterocycles. The largest absolute Gasteiger partial charge is 0.378 e. The molecule has 0 spiro atoms. The number of hydrogen-bond acceptors (Lipinski definition) is 4. The van der Waals surface area contributed by atoms with Crippen molar-refractivity contribution in [2.24, 2.45) is 0 Å². The number of anilines is 1. The molecule has 6 heteroatoms. The second kappa shape index (κ2) is 5.09. The average Bonchev–Trinajstić information content (AvgIpc) is 2.68. The molecule has 6 nitrogen and oxygen atoms in total. The molecule has 1 aromatic heterocycles. The summed E-state index contributed by atoms with van der Waals surface area (Å²) in [6.45, 7) is 4.16. The van der Waals surface area contributed by atoms with Crippen LogP contribution in [0.5, 0.6) is 0 Å². The van der Waals surface area contributed by atoms with Crippen LogP contribution in [-0.2, 0) is 6.54 Å². The van der Waals surface area contributed by atoms with E-state index >= 15 is 0 Å². The molecule has 0 saturated carbocycles. The third-order valence-electron chi connectivity index (χ3n) is 2.90. The van der Waals surface area contributed by atoms with Crippen LogP contribution in [0.2, 0.25) is 0 Å². The molecule has 0 aliphatic heterocycles. The third-order valence-corrected chi connectivity index (χ3v) is 2.90. The van der Waals surface area contributed by atoms with Crippen molar-refractivity contribution in [3.63, 3.8) is 0 Å². The van der Waals surface area contributed by atoms with Gasteiger partial charge in [-0.3, -0.25) is 10.1 Å². The molecule has 0 fully saturated rings. The summed E-state index contributed by atoms with van der Waals surface area (Å²) in [5, 5.41) is 15.4. The number of nitro groups is 1. The van der Waals surface area contributed by atoms with E-state index in [9.17, 15) is 10.1 Å². The first-order chi connectivity index (χ1) is 9.00. The highest BCUT2D eigenvalue weighted by Crippen LogP contribution is 2.31. The lowest BCUT2D eigenvalue weighted by atomic mass is 10.1. The first-order valence-electron chi connectivity index (χ1n) is 6.05. The molecule has 0 unspecified atom stereocenters. The minimum atomic E-state index is -0.459. The number of benzene rings is 1. The Morgan fingerprint density at radius 3 is 2.47 bits per heavy atom. The van der Waals surface area contributed by atoms with Crippen molar-refractivity contribution >= 4 is 11.5 Å². The van der Waals surface area contributed by atoms with Crippen LogP contribution < -0.4 is 5.73 Å². The predicted octanol–water partition coefficient (Wildman–Crippen LogP) is 2.55. The maximum atomic E-state index is 11.1. The fraction of sp³-hybridized carbons (Fsp3) is 0.308. The molecular weight excluding hydrogens is 244 g/mol. The van der Waals surface area contributed by atoms with E-state index in [0.717, 1.165) is 5.56 Å². The molecule has 0 radical (unpaired) electrons. The van der Waals surface area contributed by atoms with Gasteiger partial charge in [-0.1, -0.05) is 44.2 Å². The fourth-order valence-corrected chi connectivity index (χ4v) is 1.94. The van der Waals surface area contributed by atoms with Crippen LogP contribution in [0, 0.1) is 10.1 Å². The Morgan fingerprint density at radius 2 is 2.00 bits per heavy atom. The number of nitrogens with zero attached hydrogens (tertiary/aromatic N) is 3. The van der Waals surface area contributed by atoms with Gasteiger partial charge in [0, 0.05) is 5.92 Å². The highest BCUT2D eigenvalue weighted by atomic mass is 16.6. The van der Waals surface area contributed by atoms with Crippen LogP contribution in [0.15, 0.2) is 30.3 Å². The molecule has 0 bridgehead atoms. The lowest BCUT2D eigenvalue weighted by molar-refractivity contribution is -0.384. The van der Waals surface area contributed by atoms with Gasteiger partial charge in [0.25, 0.3) is 0 Å². The van der Waals surface area contributed by atoms with E-state index in [1.165, 1.54) is 4.68 Å². The third kappa shape index (κ3) is 2.57. The molecule has 0 aliphatic carbocycles. The van der Waals surface area contributed by atoms with Crippen molar-refractivity contribution in [1.29, 1.82) is 0 Å². The highest BCUT2D eigenvalue weighted by Gasteiger charge is 2.27. The van der Waals surface area contributed by atoms with E-state index < -0.39 is 4.92 Å². The van der Waals surface area contributed by atoms with E-state index in [4.69, 9.17) is 5.73 Å². The van der Waals surface area contributed by atoms with Crippen LogP contribution in [0.1, 0.15) is 31.0 Å². The lowest BCUT2D eigenvalue weighted by Gasteiger charge is -2.03. The predicted molar refractivity (Wildman–Crippen MR) is 72.9 cm³/mol. The van der Waals surface area contributed by atoms with Crippen molar-refractivity contribution in [3.05, 3.63) is 51.7 Å². The van der Waals surface area contributed by atoms with Gasteiger partial charge in [-0.15, -0.1) is 0 Å². The van der Waals surface area contributed by atoms with Gasteiger partial charge < -0.3 is 5.73 Å². The quantitative estimate of drug-likeness (QED) is 0.676. The Morgan fingerprint density at radius 1 is 1.37 bits per heavy atom. The standard InChI is InChI=1S/C13H16N4O2/c1-9(2)11-12(17(18)19)13(14)16(15-11)8-10-6-4-3-5-7-10/h3-7,9H,8,14H2,1-2H3. The smallest absolute Gasteiger partial charge is 0.334 e. The van der Waals surface area contributed by atoms with E-state index in [2.05, 4.69) is 5.10 Å². The molecule has 0 aliphatic rings. The fourth-order valence-electron chi connectivity index (χ4n) is 1.94. The molecule has 0 saturated heterocycles. The molecule has 2 N–H and O–H groups in total. The van der Waals surface area contributed by atoms with Gasteiger partial charge in [-0.25, -0.2) is 4.68 Å².